The molecule has 0 bridgehead atoms. The molecule has 0 fully saturated rings. The largest absolute Gasteiger partial charge is 0.493 e. The lowest BCUT2D eigenvalue weighted by molar-refractivity contribution is 0.326. The lowest BCUT2D eigenvalue weighted by atomic mass is 10.3. The van der Waals surface area contributed by atoms with Crippen LogP contribution in [0.15, 0.2) is 24.3 Å². The van der Waals surface area contributed by atoms with Crippen LogP contribution in [-0.4, -0.2) is 12.9 Å². The zero-order chi connectivity index (χ0) is 8.81. The first kappa shape index (κ1) is 8.71. The Labute approximate surface area is 70.0 Å². The van der Waals surface area contributed by atoms with Gasteiger partial charge in [0.05, 0.1) is 6.61 Å². The Bertz CT molecular complexity index is 243. The van der Waals surface area contributed by atoms with Crippen molar-refractivity contribution in [3.8, 4) is 5.75 Å². The zero-order valence-electron chi connectivity index (χ0n) is 6.42. The lowest BCUT2D eigenvalue weighted by Crippen LogP contribution is -1.97. The van der Waals surface area contributed by atoms with E-state index in [1.165, 1.54) is 24.3 Å². The van der Waals surface area contributed by atoms with Crippen LogP contribution in [0.2, 0.25) is 0 Å². The van der Waals surface area contributed by atoms with Gasteiger partial charge in [0, 0.05) is 6.42 Å². The topological polar surface area (TPSA) is 26.3 Å². The molecule has 0 aliphatic carbocycles. The molecule has 63 valence electrons. The van der Waals surface area contributed by atoms with Crippen LogP contribution in [0.1, 0.15) is 6.42 Å². The molecule has 3 heteroatoms. The molecule has 12 heavy (non-hydrogen) atoms. The molecular formula is C9H8FO2. The minimum absolute atomic E-state index is 0.234. The second-order valence-corrected chi connectivity index (χ2v) is 2.20. The highest BCUT2D eigenvalue weighted by atomic mass is 19.1. The van der Waals surface area contributed by atoms with E-state index in [0.29, 0.717) is 5.75 Å². The number of hydrogen-bond donors (Lipinski definition) is 0. The first-order valence-electron chi connectivity index (χ1n) is 3.56. The zero-order valence-corrected chi connectivity index (χ0v) is 6.42. The highest BCUT2D eigenvalue weighted by Gasteiger charge is 1.93. The Hall–Kier alpha value is -1.38. The predicted molar refractivity (Wildman–Crippen MR) is 42.2 cm³/mol. The summed E-state index contributed by atoms with van der Waals surface area (Å²) in [7, 11) is 0. The number of hydrogen-bond acceptors (Lipinski definition) is 2. The summed E-state index contributed by atoms with van der Waals surface area (Å²) in [6.07, 6.45) is 1.93. The maximum absolute atomic E-state index is 12.4. The summed E-state index contributed by atoms with van der Waals surface area (Å²) < 4.78 is 17.4. The fraction of sp³-hybridized carbons (Fsp3) is 0.222. The van der Waals surface area contributed by atoms with E-state index in [1.807, 2.05) is 0 Å². The van der Waals surface area contributed by atoms with Crippen LogP contribution in [0.4, 0.5) is 4.39 Å². The van der Waals surface area contributed by atoms with Crippen molar-refractivity contribution in [2.75, 3.05) is 6.61 Å². The molecule has 1 radical (unpaired) electrons. The van der Waals surface area contributed by atoms with Crippen LogP contribution in [0.25, 0.3) is 0 Å². The molecule has 1 aromatic carbocycles. The normalized spacial score (nSPS) is 9.42. The van der Waals surface area contributed by atoms with Crippen molar-refractivity contribution < 1.29 is 13.9 Å². The first-order valence-corrected chi connectivity index (χ1v) is 3.56. The third-order valence-corrected chi connectivity index (χ3v) is 1.29. The molecule has 0 aliphatic heterocycles. The Kier molecular flexibility index (Phi) is 3.26. The van der Waals surface area contributed by atoms with E-state index >= 15 is 0 Å². The van der Waals surface area contributed by atoms with E-state index in [0.717, 1.165) is 0 Å². The molecule has 0 saturated heterocycles. The fourth-order valence-corrected chi connectivity index (χ4v) is 0.741. The summed E-state index contributed by atoms with van der Waals surface area (Å²) >= 11 is 0. The van der Waals surface area contributed by atoms with Crippen LogP contribution in [0.3, 0.4) is 0 Å². The van der Waals surface area contributed by atoms with Gasteiger partial charge in [-0.05, 0) is 24.3 Å². The Morgan fingerprint density at radius 2 is 2.00 bits per heavy atom. The summed E-state index contributed by atoms with van der Waals surface area (Å²) in [5, 5.41) is 0. The lowest BCUT2D eigenvalue weighted by Gasteiger charge is -2.01. The van der Waals surface area contributed by atoms with Crippen molar-refractivity contribution in [3.63, 3.8) is 0 Å². The maximum atomic E-state index is 12.4. The molecule has 0 atom stereocenters. The molecule has 0 unspecified atom stereocenters. The third kappa shape index (κ3) is 2.70. The first-order chi connectivity index (χ1) is 5.83. The average Bonchev–Trinajstić information content (AvgIpc) is 2.09. The molecule has 0 aliphatic rings. The van der Waals surface area contributed by atoms with Crippen molar-refractivity contribution in [3.05, 3.63) is 30.1 Å². The Morgan fingerprint density at radius 3 is 2.58 bits per heavy atom. The van der Waals surface area contributed by atoms with Crippen LogP contribution < -0.4 is 4.74 Å². The second-order valence-electron chi connectivity index (χ2n) is 2.20. The number of ether oxygens (including phenoxy) is 1. The van der Waals surface area contributed by atoms with Crippen LogP contribution in [0, 0.1) is 5.82 Å². The van der Waals surface area contributed by atoms with Crippen molar-refractivity contribution in [2.24, 2.45) is 0 Å². The Morgan fingerprint density at radius 1 is 1.33 bits per heavy atom. The molecule has 0 spiro atoms. The van der Waals surface area contributed by atoms with Gasteiger partial charge >= 0.3 is 0 Å². The van der Waals surface area contributed by atoms with Crippen LogP contribution in [-0.2, 0) is 4.79 Å². The van der Waals surface area contributed by atoms with Gasteiger partial charge in [-0.3, -0.25) is 4.79 Å². The van der Waals surface area contributed by atoms with E-state index in [4.69, 9.17) is 4.74 Å². The standard InChI is InChI=1S/C9H8FO2/c10-8-2-4-9(5-3-8)12-7-1-6-11/h2-5H,1,7H2. The summed E-state index contributed by atoms with van der Waals surface area (Å²) in [4.78, 5) is 9.78. The molecule has 0 saturated carbocycles. The van der Waals surface area contributed by atoms with Gasteiger partial charge in [-0.2, -0.15) is 0 Å². The third-order valence-electron chi connectivity index (χ3n) is 1.29. The van der Waals surface area contributed by atoms with E-state index in [-0.39, 0.29) is 18.8 Å². The van der Waals surface area contributed by atoms with E-state index in [9.17, 15) is 9.18 Å². The predicted octanol–water partition coefficient (Wildman–Crippen LogP) is 1.70. The van der Waals surface area contributed by atoms with Crippen LogP contribution in [0.5, 0.6) is 5.75 Å². The van der Waals surface area contributed by atoms with Crippen molar-refractivity contribution in [2.45, 2.75) is 6.42 Å². The van der Waals surface area contributed by atoms with Gasteiger partial charge in [0.2, 0.25) is 6.29 Å². The van der Waals surface area contributed by atoms with Crippen molar-refractivity contribution in [1.82, 2.24) is 0 Å². The van der Waals surface area contributed by atoms with Gasteiger partial charge < -0.3 is 4.74 Å². The maximum Gasteiger partial charge on any atom is 0.201 e. The van der Waals surface area contributed by atoms with E-state index in [2.05, 4.69) is 0 Å². The molecule has 0 N–H and O–H groups in total. The molecule has 1 aromatic rings. The fourth-order valence-electron chi connectivity index (χ4n) is 0.741. The highest BCUT2D eigenvalue weighted by Crippen LogP contribution is 2.10. The molecule has 1 rings (SSSR count). The summed E-state index contributed by atoms with van der Waals surface area (Å²) in [5.41, 5.74) is 0. The van der Waals surface area contributed by atoms with Gasteiger partial charge in [0.1, 0.15) is 11.6 Å². The van der Waals surface area contributed by atoms with Crippen molar-refractivity contribution >= 4 is 6.29 Å². The molecule has 2 nitrogen and oxygen atoms in total. The van der Waals surface area contributed by atoms with Gasteiger partial charge in [-0.25, -0.2) is 4.39 Å². The van der Waals surface area contributed by atoms with E-state index in [1.54, 1.807) is 6.29 Å². The quantitative estimate of drug-likeness (QED) is 0.638. The smallest absolute Gasteiger partial charge is 0.201 e. The molecule has 0 aromatic heterocycles. The Balaban J connectivity index is 2.42. The van der Waals surface area contributed by atoms with Gasteiger partial charge in [0.15, 0.2) is 0 Å². The number of benzene rings is 1. The minimum Gasteiger partial charge on any atom is -0.493 e. The summed E-state index contributed by atoms with van der Waals surface area (Å²) in [6.45, 7) is 0.287. The summed E-state index contributed by atoms with van der Waals surface area (Å²) in [6, 6.07) is 5.64. The minimum atomic E-state index is -0.302. The van der Waals surface area contributed by atoms with Crippen molar-refractivity contribution in [1.29, 1.82) is 0 Å². The SMILES string of the molecule is O=[C]CCOc1ccc(F)cc1. The van der Waals surface area contributed by atoms with Crippen LogP contribution >= 0.6 is 0 Å². The van der Waals surface area contributed by atoms with Gasteiger partial charge in [-0.15, -0.1) is 0 Å². The number of rotatable bonds is 4. The van der Waals surface area contributed by atoms with Gasteiger partial charge in [0.25, 0.3) is 0 Å². The number of halogens is 1. The number of carbonyl (C=O) groups excluding carboxylic acids is 1. The summed E-state index contributed by atoms with van der Waals surface area (Å²) in [5.74, 6) is 0.260. The highest BCUT2D eigenvalue weighted by molar-refractivity contribution is 5.50. The van der Waals surface area contributed by atoms with Gasteiger partial charge in [-0.1, -0.05) is 0 Å². The molecule has 0 heterocycles. The van der Waals surface area contributed by atoms with E-state index < -0.39 is 0 Å². The monoisotopic (exact) mass is 167 g/mol. The molecular weight excluding hydrogens is 159 g/mol. The molecule has 0 amide bonds. The average molecular weight is 167 g/mol. The second kappa shape index (κ2) is 4.49.